The Labute approximate surface area is 150 Å². The van der Waals surface area contributed by atoms with Gasteiger partial charge >= 0.3 is 0 Å². The third-order valence-corrected chi connectivity index (χ3v) is 0. The minimum atomic E-state index is 0. The first-order valence-corrected chi connectivity index (χ1v) is 0. The largest absolute Gasteiger partial charge is 0.412 e. The van der Waals surface area contributed by atoms with Crippen molar-refractivity contribution in [1.82, 2.24) is 0 Å². The minimum Gasteiger partial charge on any atom is -0.412 e. The molecule has 0 unspecified atom stereocenters. The van der Waals surface area contributed by atoms with E-state index in [-0.39, 0.29) is 156 Å². The summed E-state index contributed by atoms with van der Waals surface area (Å²) in [6, 6.07) is 0. The number of hydrogen-bond acceptors (Lipinski definition) is 0. The molecule has 0 rings (SSSR count). The van der Waals surface area contributed by atoms with Crippen LogP contribution in [0, 0.1) is 124 Å². The van der Waals surface area contributed by atoms with Gasteiger partial charge in [0.25, 0.3) is 0 Å². The molecule has 0 aliphatic heterocycles. The van der Waals surface area contributed by atoms with Gasteiger partial charge in [0.05, 0.1) is 0 Å². The van der Waals surface area contributed by atoms with E-state index in [2.05, 4.69) is 0 Å². The molecular formula is H2CeNdOPrZr. The van der Waals surface area contributed by atoms with Gasteiger partial charge in [0.15, 0.2) is 0 Å². The zero-order chi connectivity index (χ0) is 0. The van der Waals surface area contributed by atoms with E-state index in [1.54, 1.807) is 0 Å². The van der Waals surface area contributed by atoms with Gasteiger partial charge in [-0.3, -0.25) is 0 Å². The maximum absolute atomic E-state index is 0. The van der Waals surface area contributed by atoms with Crippen LogP contribution in [0.5, 0.6) is 0 Å². The molecule has 0 saturated heterocycles. The van der Waals surface area contributed by atoms with Gasteiger partial charge in [0, 0.05) is 150 Å². The fraction of sp³-hybridized carbons (Fsp3) is 0. The monoisotopic (exact) mass is 531 g/mol. The predicted octanol–water partition coefficient (Wildman–Crippen LogP) is -0.827. The van der Waals surface area contributed by atoms with Gasteiger partial charge in [-0.15, -0.1) is 0 Å². The van der Waals surface area contributed by atoms with Crippen LogP contribution in [0.3, 0.4) is 0 Å². The first-order valence-electron chi connectivity index (χ1n) is 0. The predicted molar refractivity (Wildman–Crippen MR) is 3.61 cm³/mol. The van der Waals surface area contributed by atoms with Crippen molar-refractivity contribution < 1.29 is 156 Å². The van der Waals surface area contributed by atoms with Gasteiger partial charge in [-0.1, -0.05) is 0 Å². The molecule has 0 atom stereocenters. The van der Waals surface area contributed by atoms with Crippen LogP contribution in [-0.4, -0.2) is 5.48 Å². The zero-order valence-electron chi connectivity index (χ0n) is 2.58. The van der Waals surface area contributed by atoms with E-state index in [9.17, 15) is 0 Å². The second-order valence-electron chi connectivity index (χ2n) is 0. The van der Waals surface area contributed by atoms with E-state index in [0.717, 1.165) is 0 Å². The Kier molecular flexibility index (Phi) is 150. The molecule has 0 bridgehead atoms. The summed E-state index contributed by atoms with van der Waals surface area (Å²) in [6.07, 6.45) is 0. The third-order valence-electron chi connectivity index (χ3n) is 0. The molecule has 0 saturated carbocycles. The molecular weight excluding hydrogens is 532 g/mol. The summed E-state index contributed by atoms with van der Waals surface area (Å²) in [4.78, 5) is 0. The van der Waals surface area contributed by atoms with Crippen molar-refractivity contribution in [3.05, 3.63) is 0 Å². The van der Waals surface area contributed by atoms with E-state index in [4.69, 9.17) is 0 Å². The van der Waals surface area contributed by atoms with Crippen LogP contribution < -0.4 is 0 Å². The minimum absolute atomic E-state index is 0. The van der Waals surface area contributed by atoms with Crippen LogP contribution in [-0.2, 0) is 26.2 Å². The standard InChI is InChI=1S/Ce.Nd.H2O.Pr.Zr/h;;1H2;;. The van der Waals surface area contributed by atoms with Crippen molar-refractivity contribution in [1.29, 1.82) is 0 Å². The van der Waals surface area contributed by atoms with Crippen LogP contribution in [0.2, 0.25) is 0 Å². The van der Waals surface area contributed by atoms with Gasteiger partial charge in [0.1, 0.15) is 0 Å². The van der Waals surface area contributed by atoms with Gasteiger partial charge in [-0.05, 0) is 0 Å². The van der Waals surface area contributed by atoms with Crippen molar-refractivity contribution >= 4 is 0 Å². The summed E-state index contributed by atoms with van der Waals surface area (Å²) in [6.45, 7) is 0. The van der Waals surface area contributed by atoms with Crippen LogP contribution in [0.1, 0.15) is 0 Å². The van der Waals surface area contributed by atoms with Gasteiger partial charge < -0.3 is 5.48 Å². The molecule has 23 valence electrons. The molecule has 0 fully saturated rings. The molecule has 5 heteroatoms. The van der Waals surface area contributed by atoms with Gasteiger partial charge in [-0.25, -0.2) is 0 Å². The molecule has 0 amide bonds. The van der Waals surface area contributed by atoms with Crippen molar-refractivity contribution in [3.63, 3.8) is 0 Å². The summed E-state index contributed by atoms with van der Waals surface area (Å²) >= 11 is 0. The Hall–Kier alpha value is 4.93. The quantitative estimate of drug-likeness (QED) is 0.389. The maximum Gasteiger partial charge on any atom is 0 e. The Morgan fingerprint density at radius 3 is 1.00 bits per heavy atom. The Morgan fingerprint density at radius 1 is 1.00 bits per heavy atom. The third kappa shape index (κ3) is 17.6. The zero-order valence-corrected chi connectivity index (χ0v) is 15.1. The number of hydrogen-bond donors (Lipinski definition) is 0. The second kappa shape index (κ2) is 23.1. The number of rotatable bonds is 0. The molecule has 0 aliphatic carbocycles. The second-order valence-corrected chi connectivity index (χ2v) is 0. The molecule has 0 spiro atoms. The van der Waals surface area contributed by atoms with E-state index in [1.165, 1.54) is 0 Å². The first-order chi connectivity index (χ1) is 0. The summed E-state index contributed by atoms with van der Waals surface area (Å²) in [5.74, 6) is 0. The average molecular weight is 535 g/mol. The van der Waals surface area contributed by atoms with Gasteiger partial charge in [-0.2, -0.15) is 0 Å². The SMILES string of the molecule is O.[Ce].[Nd].[Pr].[Zr]. The molecule has 1 nitrogen and oxygen atoms in total. The Morgan fingerprint density at radius 2 is 1.00 bits per heavy atom. The summed E-state index contributed by atoms with van der Waals surface area (Å²) < 4.78 is 0. The van der Waals surface area contributed by atoms with Crippen molar-refractivity contribution in [3.8, 4) is 0 Å². The van der Waals surface area contributed by atoms with Crippen molar-refractivity contribution in [2.24, 2.45) is 0 Å². The smallest absolute Gasteiger partial charge is 0 e. The van der Waals surface area contributed by atoms with Gasteiger partial charge in [0.2, 0.25) is 0 Å². The molecule has 5 heavy (non-hydrogen) atoms. The van der Waals surface area contributed by atoms with Crippen molar-refractivity contribution in [2.45, 2.75) is 0 Å². The van der Waals surface area contributed by atoms with Crippen LogP contribution in [0.15, 0.2) is 0 Å². The average Bonchev–Trinajstić information content (AvgIpc) is 0. The molecule has 1 radical (unpaired) electrons. The van der Waals surface area contributed by atoms with Crippen molar-refractivity contribution in [2.75, 3.05) is 0 Å². The molecule has 2 N–H and O–H groups in total. The Balaban J connectivity index is 0. The molecule has 0 aliphatic rings. The summed E-state index contributed by atoms with van der Waals surface area (Å²) in [5, 5.41) is 0. The molecule has 0 heterocycles. The first kappa shape index (κ1) is 32.6. The van der Waals surface area contributed by atoms with Crippen LogP contribution in [0.4, 0.5) is 0 Å². The fourth-order valence-corrected chi connectivity index (χ4v) is 0. The maximum atomic E-state index is 0. The fourth-order valence-electron chi connectivity index (χ4n) is 0. The van der Waals surface area contributed by atoms with E-state index < -0.39 is 0 Å². The normalized spacial score (nSPS) is 0. The van der Waals surface area contributed by atoms with E-state index >= 15 is 0 Å². The molecule has 0 aromatic heterocycles. The topological polar surface area (TPSA) is 31.5 Å². The molecule has 0 aromatic carbocycles. The van der Waals surface area contributed by atoms with E-state index in [1.807, 2.05) is 0 Å². The van der Waals surface area contributed by atoms with E-state index in [0.29, 0.717) is 0 Å². The summed E-state index contributed by atoms with van der Waals surface area (Å²) in [5.41, 5.74) is 0. The Bertz CT molecular complexity index is 11.6. The molecule has 0 aromatic rings. The van der Waals surface area contributed by atoms with Crippen LogP contribution >= 0.6 is 0 Å². The van der Waals surface area contributed by atoms with Crippen LogP contribution in [0.25, 0.3) is 0 Å². The summed E-state index contributed by atoms with van der Waals surface area (Å²) in [7, 11) is 0.